The predicted octanol–water partition coefficient (Wildman–Crippen LogP) is 3.89. The zero-order valence-corrected chi connectivity index (χ0v) is 13.6. The average molecular weight is 312 g/mol. The molecule has 0 aliphatic rings. The number of carbonyl (C=O) groups excluding carboxylic acids is 1. The van der Waals surface area contributed by atoms with E-state index >= 15 is 0 Å². The van der Waals surface area contributed by atoms with Crippen molar-refractivity contribution in [2.24, 2.45) is 0 Å². The molecule has 120 valence electrons. The van der Waals surface area contributed by atoms with Crippen LogP contribution in [0.1, 0.15) is 15.9 Å². The highest BCUT2D eigenvalue weighted by Crippen LogP contribution is 2.34. The van der Waals surface area contributed by atoms with Crippen LogP contribution in [-0.2, 0) is 11.2 Å². The van der Waals surface area contributed by atoms with Crippen LogP contribution < -0.4 is 9.47 Å². The minimum absolute atomic E-state index is 0.353. The Morgan fingerprint density at radius 1 is 1.04 bits per heavy atom. The van der Waals surface area contributed by atoms with Crippen molar-refractivity contribution in [2.75, 3.05) is 21.3 Å². The largest absolute Gasteiger partial charge is 0.493 e. The summed E-state index contributed by atoms with van der Waals surface area (Å²) in [6.07, 6.45) is 2.45. The Balaban J connectivity index is 2.53. The van der Waals surface area contributed by atoms with Crippen molar-refractivity contribution in [3.05, 3.63) is 60.2 Å². The third-order valence-electron chi connectivity index (χ3n) is 3.59. The third-order valence-corrected chi connectivity index (χ3v) is 3.59. The summed E-state index contributed by atoms with van der Waals surface area (Å²) in [7, 11) is 4.58. The summed E-state index contributed by atoms with van der Waals surface area (Å²) in [6, 6.07) is 11.2. The molecule has 0 unspecified atom stereocenters. The SMILES string of the molecule is C=CCc1cc(C(=O)OC)ccc1-c1ccc(OC)c(OC)c1. The fourth-order valence-electron chi connectivity index (χ4n) is 2.45. The number of carbonyl (C=O) groups is 1. The minimum atomic E-state index is -0.353. The number of ether oxygens (including phenoxy) is 3. The minimum Gasteiger partial charge on any atom is -0.493 e. The van der Waals surface area contributed by atoms with Crippen molar-refractivity contribution in [1.82, 2.24) is 0 Å². The van der Waals surface area contributed by atoms with Gasteiger partial charge in [0.1, 0.15) is 0 Å². The van der Waals surface area contributed by atoms with Gasteiger partial charge in [-0.25, -0.2) is 4.79 Å². The summed E-state index contributed by atoms with van der Waals surface area (Å²) in [6.45, 7) is 3.79. The van der Waals surface area contributed by atoms with E-state index in [1.165, 1.54) is 7.11 Å². The average Bonchev–Trinajstić information content (AvgIpc) is 2.60. The Bertz CT molecular complexity index is 719. The molecule has 0 amide bonds. The van der Waals surface area contributed by atoms with Gasteiger partial charge >= 0.3 is 5.97 Å². The molecular formula is C19H20O4. The number of benzene rings is 2. The van der Waals surface area contributed by atoms with Gasteiger partial charge in [-0.15, -0.1) is 6.58 Å². The molecule has 4 nitrogen and oxygen atoms in total. The lowest BCUT2D eigenvalue weighted by molar-refractivity contribution is 0.0600. The Kier molecular flexibility index (Phi) is 5.41. The van der Waals surface area contributed by atoms with Crippen molar-refractivity contribution in [1.29, 1.82) is 0 Å². The van der Waals surface area contributed by atoms with Gasteiger partial charge in [-0.2, -0.15) is 0 Å². The van der Waals surface area contributed by atoms with Crippen LogP contribution in [0.4, 0.5) is 0 Å². The van der Waals surface area contributed by atoms with Crippen molar-refractivity contribution >= 4 is 5.97 Å². The summed E-state index contributed by atoms with van der Waals surface area (Å²) >= 11 is 0. The number of rotatable bonds is 6. The van der Waals surface area contributed by atoms with E-state index in [0.717, 1.165) is 16.7 Å². The van der Waals surface area contributed by atoms with Crippen LogP contribution in [-0.4, -0.2) is 27.3 Å². The normalized spacial score (nSPS) is 10.0. The molecule has 0 heterocycles. The fourth-order valence-corrected chi connectivity index (χ4v) is 2.45. The number of hydrogen-bond donors (Lipinski definition) is 0. The highest BCUT2D eigenvalue weighted by molar-refractivity contribution is 5.90. The Labute approximate surface area is 136 Å². The van der Waals surface area contributed by atoms with Gasteiger partial charge in [-0.05, 0) is 47.4 Å². The van der Waals surface area contributed by atoms with Crippen molar-refractivity contribution in [3.63, 3.8) is 0 Å². The van der Waals surface area contributed by atoms with E-state index in [1.54, 1.807) is 26.4 Å². The molecule has 0 aliphatic heterocycles. The standard InChI is InChI=1S/C19H20O4/c1-5-6-13-11-15(19(20)23-4)7-9-16(13)14-8-10-17(21-2)18(12-14)22-3/h5,7-12H,1,6H2,2-4H3. The Hall–Kier alpha value is -2.75. The molecule has 0 aliphatic carbocycles. The smallest absolute Gasteiger partial charge is 0.337 e. The summed E-state index contributed by atoms with van der Waals surface area (Å²) in [5.41, 5.74) is 3.51. The second kappa shape index (κ2) is 7.49. The molecule has 0 saturated carbocycles. The number of esters is 1. The van der Waals surface area contributed by atoms with Crippen LogP contribution >= 0.6 is 0 Å². The second-order valence-corrected chi connectivity index (χ2v) is 4.93. The van der Waals surface area contributed by atoms with Crippen molar-refractivity contribution in [3.8, 4) is 22.6 Å². The predicted molar refractivity (Wildman–Crippen MR) is 90.2 cm³/mol. The van der Waals surface area contributed by atoms with Gasteiger partial charge in [-0.3, -0.25) is 0 Å². The van der Waals surface area contributed by atoms with Crippen LogP contribution in [0.5, 0.6) is 11.5 Å². The summed E-state index contributed by atoms with van der Waals surface area (Å²) < 4.78 is 15.4. The molecule has 0 saturated heterocycles. The molecule has 2 aromatic rings. The molecule has 0 N–H and O–H groups in total. The van der Waals surface area contributed by atoms with Crippen LogP contribution in [0.3, 0.4) is 0 Å². The van der Waals surface area contributed by atoms with E-state index in [0.29, 0.717) is 23.5 Å². The molecule has 0 fully saturated rings. The number of hydrogen-bond acceptors (Lipinski definition) is 4. The van der Waals surface area contributed by atoms with E-state index < -0.39 is 0 Å². The maximum Gasteiger partial charge on any atom is 0.337 e. The Morgan fingerprint density at radius 2 is 1.78 bits per heavy atom. The highest BCUT2D eigenvalue weighted by atomic mass is 16.5. The van der Waals surface area contributed by atoms with Crippen LogP contribution in [0, 0.1) is 0 Å². The first-order valence-corrected chi connectivity index (χ1v) is 7.19. The monoisotopic (exact) mass is 312 g/mol. The zero-order valence-electron chi connectivity index (χ0n) is 13.6. The van der Waals surface area contributed by atoms with E-state index in [4.69, 9.17) is 14.2 Å². The molecule has 23 heavy (non-hydrogen) atoms. The van der Waals surface area contributed by atoms with Gasteiger partial charge in [0.15, 0.2) is 11.5 Å². The molecule has 0 bridgehead atoms. The van der Waals surface area contributed by atoms with Gasteiger partial charge < -0.3 is 14.2 Å². The molecule has 0 atom stereocenters. The maximum atomic E-state index is 11.7. The van der Waals surface area contributed by atoms with E-state index in [2.05, 4.69) is 6.58 Å². The van der Waals surface area contributed by atoms with Gasteiger partial charge in [0.05, 0.1) is 26.9 Å². The van der Waals surface area contributed by atoms with E-state index in [-0.39, 0.29) is 5.97 Å². The first-order valence-electron chi connectivity index (χ1n) is 7.19. The molecule has 2 rings (SSSR count). The van der Waals surface area contributed by atoms with Gasteiger partial charge in [0.2, 0.25) is 0 Å². The number of allylic oxidation sites excluding steroid dienone is 1. The summed E-state index contributed by atoms with van der Waals surface area (Å²) in [5, 5.41) is 0. The topological polar surface area (TPSA) is 44.8 Å². The van der Waals surface area contributed by atoms with Crippen molar-refractivity contribution < 1.29 is 19.0 Å². The van der Waals surface area contributed by atoms with Crippen LogP contribution in [0.2, 0.25) is 0 Å². The van der Waals surface area contributed by atoms with Gasteiger partial charge in [0.25, 0.3) is 0 Å². The molecule has 0 aromatic heterocycles. The number of methoxy groups -OCH3 is 3. The second-order valence-electron chi connectivity index (χ2n) is 4.93. The van der Waals surface area contributed by atoms with E-state index in [9.17, 15) is 4.79 Å². The molecule has 4 heteroatoms. The quantitative estimate of drug-likeness (QED) is 0.600. The van der Waals surface area contributed by atoms with Gasteiger partial charge in [-0.1, -0.05) is 18.2 Å². The Morgan fingerprint density at radius 3 is 2.39 bits per heavy atom. The first kappa shape index (κ1) is 16.6. The van der Waals surface area contributed by atoms with Crippen LogP contribution in [0.25, 0.3) is 11.1 Å². The lowest BCUT2D eigenvalue weighted by atomic mass is 9.95. The fraction of sp³-hybridized carbons (Fsp3) is 0.211. The van der Waals surface area contributed by atoms with Crippen molar-refractivity contribution in [2.45, 2.75) is 6.42 Å². The summed E-state index contributed by atoms with van der Waals surface area (Å²) in [5.74, 6) is 0.980. The molecule has 0 spiro atoms. The molecular weight excluding hydrogens is 292 g/mol. The van der Waals surface area contributed by atoms with E-state index in [1.807, 2.05) is 30.3 Å². The maximum absolute atomic E-state index is 11.7. The summed E-state index contributed by atoms with van der Waals surface area (Å²) in [4.78, 5) is 11.7. The molecule has 2 aromatic carbocycles. The zero-order chi connectivity index (χ0) is 16.8. The lowest BCUT2D eigenvalue weighted by Gasteiger charge is -2.13. The first-order chi connectivity index (χ1) is 11.1. The lowest BCUT2D eigenvalue weighted by Crippen LogP contribution is -2.02. The highest BCUT2D eigenvalue weighted by Gasteiger charge is 2.12. The van der Waals surface area contributed by atoms with Crippen LogP contribution in [0.15, 0.2) is 49.1 Å². The van der Waals surface area contributed by atoms with Gasteiger partial charge in [0, 0.05) is 0 Å². The molecule has 0 radical (unpaired) electrons. The third kappa shape index (κ3) is 3.54.